The zero-order valence-electron chi connectivity index (χ0n) is 43.2. The van der Waals surface area contributed by atoms with Gasteiger partial charge in [0.25, 0.3) is 0 Å². The van der Waals surface area contributed by atoms with Crippen LogP contribution in [-0.4, -0.2) is 145 Å². The number of hydrogen-bond donors (Lipinski definition) is 4. The third-order valence-electron chi connectivity index (χ3n) is 13.9. The van der Waals surface area contributed by atoms with Crippen LogP contribution in [0.25, 0.3) is 0 Å². The SMILES string of the molecule is CN[C@@H](C)C(=O)N[C@H](C(=O)N1CCC[C@@H]1CN(CCc1ccccc1)C(=O)CCCCCCC(=O)N(CCc1ccccc1)C[C@@H]1CCCN1C(=O)[C@@H](NC(=O)[C@H](C)NC)C(C)(C)C)C(C)(C)C. The first-order chi connectivity index (χ1) is 32.2. The Morgan fingerprint density at radius 2 is 0.926 bits per heavy atom. The van der Waals surface area contributed by atoms with Gasteiger partial charge in [-0.05, 0) is 101 Å². The molecular weight excluding hydrogens is 857 g/mol. The number of likely N-dealkylation sites (tertiary alicyclic amines) is 2. The number of carbonyl (C=O) groups is 6. The number of amides is 6. The van der Waals surface area contributed by atoms with Crippen LogP contribution in [0.15, 0.2) is 60.7 Å². The molecule has 2 aliphatic rings. The average Bonchev–Trinajstić information content (AvgIpc) is 3.99. The second-order valence-corrected chi connectivity index (χ2v) is 21.4. The van der Waals surface area contributed by atoms with Crippen LogP contribution in [0.4, 0.5) is 0 Å². The summed E-state index contributed by atoms with van der Waals surface area (Å²) in [5.41, 5.74) is 1.26. The van der Waals surface area contributed by atoms with Gasteiger partial charge in [0, 0.05) is 64.2 Å². The molecule has 6 amide bonds. The molecule has 0 bridgehead atoms. The summed E-state index contributed by atoms with van der Waals surface area (Å²) in [6, 6.07) is 17.7. The van der Waals surface area contributed by atoms with E-state index in [0.717, 1.165) is 49.7 Å². The maximum atomic E-state index is 14.2. The van der Waals surface area contributed by atoms with Crippen LogP contribution < -0.4 is 21.3 Å². The molecule has 4 rings (SSSR count). The van der Waals surface area contributed by atoms with Crippen LogP contribution in [0.2, 0.25) is 0 Å². The Kier molecular flexibility index (Phi) is 22.0. The minimum atomic E-state index is -0.705. The molecule has 378 valence electrons. The Morgan fingerprint density at radius 1 is 0.574 bits per heavy atom. The van der Waals surface area contributed by atoms with E-state index < -0.39 is 35.0 Å². The van der Waals surface area contributed by atoms with Gasteiger partial charge in [-0.15, -0.1) is 0 Å². The van der Waals surface area contributed by atoms with Crippen molar-refractivity contribution >= 4 is 35.4 Å². The van der Waals surface area contributed by atoms with Gasteiger partial charge in [-0.3, -0.25) is 28.8 Å². The van der Waals surface area contributed by atoms with Crippen molar-refractivity contribution in [3.8, 4) is 0 Å². The normalized spacial score (nSPS) is 18.1. The Balaban J connectivity index is 1.37. The van der Waals surface area contributed by atoms with Crippen molar-refractivity contribution in [1.29, 1.82) is 0 Å². The number of benzene rings is 2. The molecule has 14 nitrogen and oxygen atoms in total. The number of carbonyl (C=O) groups excluding carboxylic acids is 6. The minimum Gasteiger partial charge on any atom is -0.342 e. The van der Waals surface area contributed by atoms with E-state index in [1.54, 1.807) is 27.9 Å². The molecule has 0 spiro atoms. The summed E-state index contributed by atoms with van der Waals surface area (Å²) in [5, 5.41) is 12.0. The van der Waals surface area contributed by atoms with Crippen LogP contribution >= 0.6 is 0 Å². The third kappa shape index (κ3) is 17.0. The highest BCUT2D eigenvalue weighted by molar-refractivity contribution is 5.91. The van der Waals surface area contributed by atoms with Crippen molar-refractivity contribution in [1.82, 2.24) is 40.9 Å². The largest absolute Gasteiger partial charge is 0.342 e. The lowest BCUT2D eigenvalue weighted by Crippen LogP contribution is -2.59. The standard InChI is InChI=1S/C54H86N8O6/c1-39(55-9)49(65)57-47(53(3,4)5)51(67)61-33-21-27-43(61)37-59(35-31-41-23-15-13-16-24-41)45(63)29-19-11-12-20-30-46(64)60(36-32-42-25-17-14-18-26-42)38-44-28-22-34-62(44)52(68)48(54(6,7)8)58-50(66)40(2)56-10/h13-18,23-26,39-40,43-44,47-48,55-56H,11-12,19-22,27-38H2,1-10H3,(H,57,65)(H,58,66)/t39-,40-,43-,44+,47+,48+/m0/s1. The lowest BCUT2D eigenvalue weighted by molar-refractivity contribution is -0.142. The molecule has 2 saturated heterocycles. The van der Waals surface area contributed by atoms with Crippen LogP contribution in [0.5, 0.6) is 0 Å². The van der Waals surface area contributed by atoms with Crippen molar-refractivity contribution in [3.05, 3.63) is 71.8 Å². The van der Waals surface area contributed by atoms with Crippen molar-refractivity contribution < 1.29 is 28.8 Å². The van der Waals surface area contributed by atoms with Crippen molar-refractivity contribution in [2.45, 2.75) is 169 Å². The van der Waals surface area contributed by atoms with E-state index in [0.29, 0.717) is 77.8 Å². The minimum absolute atomic E-state index is 0.0624. The van der Waals surface area contributed by atoms with E-state index in [1.165, 1.54) is 0 Å². The average molecular weight is 943 g/mol. The summed E-state index contributed by atoms with van der Waals surface area (Å²) in [5.74, 6) is -0.537. The lowest BCUT2D eigenvalue weighted by atomic mass is 9.85. The third-order valence-corrected chi connectivity index (χ3v) is 13.9. The van der Waals surface area contributed by atoms with Gasteiger partial charge in [0.1, 0.15) is 12.1 Å². The van der Waals surface area contributed by atoms with Crippen LogP contribution in [0, 0.1) is 10.8 Å². The molecule has 68 heavy (non-hydrogen) atoms. The van der Waals surface area contributed by atoms with Gasteiger partial charge < -0.3 is 40.9 Å². The fourth-order valence-electron chi connectivity index (χ4n) is 9.24. The zero-order valence-corrected chi connectivity index (χ0v) is 43.2. The highest BCUT2D eigenvalue weighted by atomic mass is 16.2. The smallest absolute Gasteiger partial charge is 0.246 e. The summed E-state index contributed by atoms with van der Waals surface area (Å²) < 4.78 is 0. The number of nitrogens with one attached hydrogen (secondary N) is 4. The van der Waals surface area contributed by atoms with Gasteiger partial charge in [-0.2, -0.15) is 0 Å². The summed E-state index contributed by atoms with van der Waals surface area (Å²) >= 11 is 0. The van der Waals surface area contributed by atoms with E-state index in [9.17, 15) is 28.8 Å². The molecule has 0 aliphatic carbocycles. The molecule has 6 atom stereocenters. The van der Waals surface area contributed by atoms with Gasteiger partial charge in [0.2, 0.25) is 35.4 Å². The van der Waals surface area contributed by atoms with Crippen LogP contribution in [0.1, 0.15) is 131 Å². The van der Waals surface area contributed by atoms with Crippen LogP contribution in [0.3, 0.4) is 0 Å². The predicted molar refractivity (Wildman–Crippen MR) is 270 cm³/mol. The fraction of sp³-hybridized carbons (Fsp3) is 0.667. The molecule has 0 saturated carbocycles. The number of likely N-dealkylation sites (N-methyl/N-ethyl adjacent to an activating group) is 2. The van der Waals surface area contributed by atoms with E-state index in [-0.39, 0.29) is 47.5 Å². The second-order valence-electron chi connectivity index (χ2n) is 21.4. The highest BCUT2D eigenvalue weighted by Gasteiger charge is 2.42. The summed E-state index contributed by atoms with van der Waals surface area (Å²) in [7, 11) is 3.44. The Morgan fingerprint density at radius 3 is 1.25 bits per heavy atom. The molecule has 14 heteroatoms. The van der Waals surface area contributed by atoms with Crippen LogP contribution in [-0.2, 0) is 41.6 Å². The molecule has 2 heterocycles. The molecule has 0 aromatic heterocycles. The Bertz CT molecular complexity index is 1780. The number of rotatable bonds is 25. The highest BCUT2D eigenvalue weighted by Crippen LogP contribution is 2.29. The molecule has 2 aromatic rings. The molecule has 0 unspecified atom stereocenters. The first-order valence-electron chi connectivity index (χ1n) is 25.4. The monoisotopic (exact) mass is 943 g/mol. The quantitative estimate of drug-likeness (QED) is 0.0919. The molecule has 0 radical (unpaired) electrons. The first-order valence-corrected chi connectivity index (χ1v) is 25.4. The first kappa shape index (κ1) is 55.8. The van der Waals surface area contributed by atoms with Crippen molar-refractivity contribution in [3.63, 3.8) is 0 Å². The van der Waals surface area contributed by atoms with E-state index >= 15 is 0 Å². The van der Waals surface area contributed by atoms with Gasteiger partial charge in [0.15, 0.2) is 0 Å². The summed E-state index contributed by atoms with van der Waals surface area (Å²) in [4.78, 5) is 90.2. The van der Waals surface area contributed by atoms with Crippen molar-refractivity contribution in [2.75, 3.05) is 53.4 Å². The number of unbranched alkanes of at least 4 members (excludes halogenated alkanes) is 3. The predicted octanol–water partition coefficient (Wildman–Crippen LogP) is 5.73. The molecule has 2 aliphatic heterocycles. The summed E-state index contributed by atoms with van der Waals surface area (Å²) in [6.07, 6.45) is 8.41. The fourth-order valence-corrected chi connectivity index (χ4v) is 9.24. The molecule has 2 aromatic carbocycles. The zero-order chi connectivity index (χ0) is 50.0. The molecular formula is C54H86N8O6. The van der Waals surface area contributed by atoms with Gasteiger partial charge in [-0.25, -0.2) is 0 Å². The van der Waals surface area contributed by atoms with E-state index in [2.05, 4.69) is 45.5 Å². The van der Waals surface area contributed by atoms with Gasteiger partial charge in [-0.1, -0.05) is 115 Å². The maximum absolute atomic E-state index is 14.2. The number of nitrogens with zero attached hydrogens (tertiary/aromatic N) is 4. The topological polar surface area (TPSA) is 163 Å². The van der Waals surface area contributed by atoms with E-state index in [1.807, 2.05) is 97.5 Å². The van der Waals surface area contributed by atoms with Gasteiger partial charge in [0.05, 0.1) is 12.1 Å². The lowest BCUT2D eigenvalue weighted by Gasteiger charge is -2.37. The molecule has 4 N–H and O–H groups in total. The Labute approximate surface area is 408 Å². The van der Waals surface area contributed by atoms with Crippen molar-refractivity contribution in [2.24, 2.45) is 10.8 Å². The number of hydrogen-bond acceptors (Lipinski definition) is 8. The summed E-state index contributed by atoms with van der Waals surface area (Å²) in [6.45, 7) is 18.5. The Hall–Kier alpha value is -4.82. The van der Waals surface area contributed by atoms with Gasteiger partial charge >= 0.3 is 0 Å². The maximum Gasteiger partial charge on any atom is 0.246 e. The molecule has 2 fully saturated rings. The second kappa shape index (κ2) is 26.8. The van der Waals surface area contributed by atoms with E-state index in [4.69, 9.17) is 0 Å².